The molecule has 29 heavy (non-hydrogen) atoms. The zero-order valence-corrected chi connectivity index (χ0v) is 17.0. The fourth-order valence-corrected chi connectivity index (χ4v) is 2.78. The number of carbonyl (C=O) groups is 1. The zero-order chi connectivity index (χ0) is 20.6. The maximum absolute atomic E-state index is 11.8. The summed E-state index contributed by atoms with van der Waals surface area (Å²) in [4.78, 5) is 16.4. The van der Waals surface area contributed by atoms with Gasteiger partial charge in [-0.05, 0) is 37.6 Å². The minimum absolute atomic E-state index is 0.00943. The summed E-state index contributed by atoms with van der Waals surface area (Å²) in [6.45, 7) is 4.85. The number of aryl methyl sites for hydroxylation is 1. The van der Waals surface area contributed by atoms with E-state index in [2.05, 4.69) is 15.4 Å². The van der Waals surface area contributed by atoms with E-state index in [-0.39, 0.29) is 11.9 Å². The van der Waals surface area contributed by atoms with Gasteiger partial charge in [0.05, 0.1) is 12.3 Å². The van der Waals surface area contributed by atoms with Crippen LogP contribution in [0.3, 0.4) is 0 Å². The Bertz CT molecular complexity index is 934. The molecule has 0 saturated carbocycles. The molecular formula is C22H26N4O3. The largest absolute Gasteiger partial charge is 0.460 e. The average Bonchev–Trinajstić information content (AvgIpc) is 3.14. The van der Waals surface area contributed by atoms with Crippen molar-refractivity contribution >= 4 is 11.6 Å². The summed E-state index contributed by atoms with van der Waals surface area (Å²) < 4.78 is 12.4. The predicted octanol–water partition coefficient (Wildman–Crippen LogP) is 4.01. The molecular weight excluding hydrogens is 368 g/mol. The second-order valence-electron chi connectivity index (χ2n) is 6.68. The Morgan fingerprint density at radius 1 is 1.07 bits per heavy atom. The highest BCUT2D eigenvalue weighted by Gasteiger charge is 2.15. The molecule has 0 atom stereocenters. The second kappa shape index (κ2) is 9.84. The van der Waals surface area contributed by atoms with Crippen LogP contribution in [0.15, 0.2) is 48.5 Å². The third-order valence-corrected chi connectivity index (χ3v) is 4.29. The number of hydrogen-bond donors (Lipinski definition) is 1. The SMILES string of the molecule is CCCC(=O)Nc1ccc(-n2nc(OCCOC)nc2-c2ccc(C)cc2)cc1. The van der Waals surface area contributed by atoms with E-state index in [1.165, 1.54) is 5.56 Å². The van der Waals surface area contributed by atoms with Gasteiger partial charge in [0.25, 0.3) is 0 Å². The number of ether oxygens (including phenoxy) is 2. The summed E-state index contributed by atoms with van der Waals surface area (Å²) in [6, 6.07) is 15.9. The standard InChI is InChI=1S/C22H26N4O3/c1-4-5-20(27)23-18-10-12-19(13-11-18)26-21(17-8-6-16(2)7-9-17)24-22(25-26)29-15-14-28-3/h6-13H,4-5,14-15H2,1-3H3,(H,23,27). The van der Waals surface area contributed by atoms with Crippen molar-refractivity contribution in [2.24, 2.45) is 0 Å². The number of aromatic nitrogens is 3. The minimum atomic E-state index is 0.00943. The Hall–Kier alpha value is -3.19. The Kier molecular flexibility index (Phi) is 6.97. The first kappa shape index (κ1) is 20.5. The Morgan fingerprint density at radius 3 is 2.45 bits per heavy atom. The number of rotatable bonds is 9. The molecule has 1 N–H and O–H groups in total. The van der Waals surface area contributed by atoms with Crippen molar-refractivity contribution < 1.29 is 14.3 Å². The van der Waals surface area contributed by atoms with Crippen molar-refractivity contribution in [3.05, 3.63) is 54.1 Å². The van der Waals surface area contributed by atoms with Crippen molar-refractivity contribution in [3.8, 4) is 23.1 Å². The van der Waals surface area contributed by atoms with Crippen LogP contribution < -0.4 is 10.1 Å². The van der Waals surface area contributed by atoms with Crippen LogP contribution in [0.25, 0.3) is 17.1 Å². The van der Waals surface area contributed by atoms with Crippen LogP contribution in [-0.4, -0.2) is 41.0 Å². The Labute approximate surface area is 170 Å². The van der Waals surface area contributed by atoms with E-state index >= 15 is 0 Å². The first-order valence-corrected chi connectivity index (χ1v) is 9.67. The minimum Gasteiger partial charge on any atom is -0.460 e. The van der Waals surface area contributed by atoms with Crippen LogP contribution in [0.4, 0.5) is 5.69 Å². The van der Waals surface area contributed by atoms with Crippen LogP contribution in [-0.2, 0) is 9.53 Å². The van der Waals surface area contributed by atoms with E-state index in [0.717, 1.165) is 23.4 Å². The molecule has 1 heterocycles. The molecule has 1 amide bonds. The molecule has 0 bridgehead atoms. The lowest BCUT2D eigenvalue weighted by Gasteiger charge is -2.08. The van der Waals surface area contributed by atoms with Crippen molar-refractivity contribution in [3.63, 3.8) is 0 Å². The number of carbonyl (C=O) groups excluding carboxylic acids is 1. The fraction of sp³-hybridized carbons (Fsp3) is 0.318. The van der Waals surface area contributed by atoms with E-state index in [0.29, 0.717) is 25.5 Å². The molecule has 1 aromatic heterocycles. The van der Waals surface area contributed by atoms with Gasteiger partial charge in [0, 0.05) is 24.8 Å². The lowest BCUT2D eigenvalue weighted by molar-refractivity contribution is -0.116. The molecule has 0 aliphatic heterocycles. The van der Waals surface area contributed by atoms with Gasteiger partial charge in [0.15, 0.2) is 5.82 Å². The second-order valence-corrected chi connectivity index (χ2v) is 6.68. The molecule has 0 spiro atoms. The lowest BCUT2D eigenvalue weighted by atomic mass is 10.1. The van der Waals surface area contributed by atoms with Gasteiger partial charge in [-0.1, -0.05) is 36.8 Å². The molecule has 2 aromatic carbocycles. The molecule has 0 radical (unpaired) electrons. The number of benzene rings is 2. The monoisotopic (exact) mass is 394 g/mol. The number of nitrogens with zero attached hydrogens (tertiary/aromatic N) is 3. The quantitative estimate of drug-likeness (QED) is 0.555. The van der Waals surface area contributed by atoms with Crippen molar-refractivity contribution in [2.45, 2.75) is 26.7 Å². The number of amides is 1. The third-order valence-electron chi connectivity index (χ3n) is 4.29. The summed E-state index contributed by atoms with van der Waals surface area (Å²) in [5.41, 5.74) is 3.68. The van der Waals surface area contributed by atoms with Crippen LogP contribution in [0, 0.1) is 6.92 Å². The molecule has 3 aromatic rings. The molecule has 7 heteroatoms. The number of methoxy groups -OCH3 is 1. The molecule has 152 valence electrons. The topological polar surface area (TPSA) is 78.3 Å². The number of hydrogen-bond acceptors (Lipinski definition) is 5. The molecule has 0 unspecified atom stereocenters. The van der Waals surface area contributed by atoms with Gasteiger partial charge in [0.2, 0.25) is 5.91 Å². The zero-order valence-electron chi connectivity index (χ0n) is 17.0. The summed E-state index contributed by atoms with van der Waals surface area (Å²) in [7, 11) is 1.62. The highest BCUT2D eigenvalue weighted by atomic mass is 16.5. The lowest BCUT2D eigenvalue weighted by Crippen LogP contribution is -2.10. The van der Waals surface area contributed by atoms with Crippen LogP contribution in [0.1, 0.15) is 25.3 Å². The van der Waals surface area contributed by atoms with Crippen LogP contribution >= 0.6 is 0 Å². The first-order chi connectivity index (χ1) is 14.1. The summed E-state index contributed by atoms with van der Waals surface area (Å²) in [5, 5.41) is 7.40. The van der Waals surface area contributed by atoms with Gasteiger partial charge in [-0.2, -0.15) is 4.98 Å². The smallest absolute Gasteiger partial charge is 0.336 e. The predicted molar refractivity (Wildman–Crippen MR) is 112 cm³/mol. The van der Waals surface area contributed by atoms with E-state index in [4.69, 9.17) is 9.47 Å². The van der Waals surface area contributed by atoms with E-state index in [9.17, 15) is 4.79 Å². The Morgan fingerprint density at radius 2 is 1.79 bits per heavy atom. The molecule has 0 fully saturated rings. The van der Waals surface area contributed by atoms with Gasteiger partial charge < -0.3 is 14.8 Å². The summed E-state index contributed by atoms with van der Waals surface area (Å²) >= 11 is 0. The normalized spacial score (nSPS) is 10.7. The van der Waals surface area contributed by atoms with Gasteiger partial charge in [-0.25, -0.2) is 4.68 Å². The van der Waals surface area contributed by atoms with E-state index in [1.807, 2.05) is 62.4 Å². The third kappa shape index (κ3) is 5.42. The fourth-order valence-electron chi connectivity index (χ4n) is 2.78. The van der Waals surface area contributed by atoms with Gasteiger partial charge in [-0.3, -0.25) is 4.79 Å². The Balaban J connectivity index is 1.89. The summed E-state index contributed by atoms with van der Waals surface area (Å²) in [6.07, 6.45) is 1.32. The van der Waals surface area contributed by atoms with Crippen molar-refractivity contribution in [1.82, 2.24) is 14.8 Å². The van der Waals surface area contributed by atoms with Gasteiger partial charge in [-0.15, -0.1) is 5.10 Å². The van der Waals surface area contributed by atoms with Gasteiger partial charge in [0.1, 0.15) is 6.61 Å². The first-order valence-electron chi connectivity index (χ1n) is 9.67. The molecule has 0 aliphatic carbocycles. The average molecular weight is 394 g/mol. The number of anilines is 1. The maximum atomic E-state index is 11.8. The van der Waals surface area contributed by atoms with Crippen LogP contribution in [0.2, 0.25) is 0 Å². The summed E-state index contributed by atoms with van der Waals surface area (Å²) in [5.74, 6) is 0.690. The van der Waals surface area contributed by atoms with E-state index < -0.39 is 0 Å². The van der Waals surface area contributed by atoms with Crippen molar-refractivity contribution in [1.29, 1.82) is 0 Å². The number of nitrogens with one attached hydrogen (secondary N) is 1. The molecule has 0 aliphatic rings. The van der Waals surface area contributed by atoms with Gasteiger partial charge >= 0.3 is 6.01 Å². The molecule has 7 nitrogen and oxygen atoms in total. The van der Waals surface area contributed by atoms with Crippen molar-refractivity contribution in [2.75, 3.05) is 25.6 Å². The molecule has 0 saturated heterocycles. The van der Waals surface area contributed by atoms with E-state index in [1.54, 1.807) is 11.8 Å². The van der Waals surface area contributed by atoms with Crippen LogP contribution in [0.5, 0.6) is 6.01 Å². The highest BCUT2D eigenvalue weighted by molar-refractivity contribution is 5.90. The molecule has 3 rings (SSSR count). The maximum Gasteiger partial charge on any atom is 0.336 e. The highest BCUT2D eigenvalue weighted by Crippen LogP contribution is 2.25.